The molecule has 0 saturated carbocycles. The first kappa shape index (κ1) is 35.0. The van der Waals surface area contributed by atoms with E-state index in [0.29, 0.717) is 5.56 Å². The topological polar surface area (TPSA) is 246 Å². The number of phenolic OH excluding ortho intramolecular Hbond substituents is 1. The molecule has 1 aromatic heterocycles. The Morgan fingerprint density at radius 3 is 2.38 bits per heavy atom. The first-order chi connectivity index (χ1) is 22.5. The van der Waals surface area contributed by atoms with Crippen molar-refractivity contribution in [2.75, 3.05) is 19.8 Å². The van der Waals surface area contributed by atoms with E-state index in [1.807, 2.05) is 0 Å². The number of hydrogen-bond donors (Lipinski definition) is 8. The van der Waals surface area contributed by atoms with Gasteiger partial charge in [-0.05, 0) is 28.8 Å². The van der Waals surface area contributed by atoms with Crippen LogP contribution in [0.25, 0.3) is 11.1 Å². The molecule has 250 valence electrons. The Balaban J connectivity index is 1.46. The molecule has 1 aliphatic rings. The van der Waals surface area contributed by atoms with Crippen molar-refractivity contribution in [3.63, 3.8) is 0 Å². The third kappa shape index (κ3) is 8.48. The van der Waals surface area contributed by atoms with Gasteiger partial charge in [-0.1, -0.05) is 47.5 Å². The molecule has 0 radical (unpaired) electrons. The molecule has 47 heavy (non-hydrogen) atoms. The SMILES string of the molecule is C#CCOCc1cn([C@]2(C(=O)O)C[C@H](O)[C@@H](NC(=O)CO)[C@H]([C@H](O)[C@H](O)CNC(=O)Cc3ccc(-c4ccc(O)cc4)cc3)O2)nn1. The van der Waals surface area contributed by atoms with E-state index in [1.54, 1.807) is 48.5 Å². The maximum absolute atomic E-state index is 12.7. The van der Waals surface area contributed by atoms with Crippen molar-refractivity contribution in [2.24, 2.45) is 0 Å². The molecule has 3 aromatic rings. The van der Waals surface area contributed by atoms with Gasteiger partial charge in [0.15, 0.2) is 0 Å². The lowest BCUT2D eigenvalue weighted by atomic mass is 9.87. The van der Waals surface area contributed by atoms with Gasteiger partial charge in [-0.2, -0.15) is 0 Å². The lowest BCUT2D eigenvalue weighted by molar-refractivity contribution is -0.257. The quantitative estimate of drug-likeness (QED) is 0.0711. The lowest BCUT2D eigenvalue weighted by Gasteiger charge is -2.46. The van der Waals surface area contributed by atoms with Gasteiger partial charge in [-0.15, -0.1) is 11.5 Å². The van der Waals surface area contributed by atoms with E-state index >= 15 is 0 Å². The monoisotopic (exact) mass is 653 g/mol. The predicted octanol–water partition coefficient (Wildman–Crippen LogP) is -1.75. The molecule has 1 saturated heterocycles. The van der Waals surface area contributed by atoms with Gasteiger partial charge in [0.05, 0.1) is 37.5 Å². The fraction of sp³-hybridized carbons (Fsp3) is 0.387. The molecule has 1 fully saturated rings. The molecule has 0 bridgehead atoms. The first-order valence-electron chi connectivity index (χ1n) is 14.4. The van der Waals surface area contributed by atoms with Crippen molar-refractivity contribution in [3.8, 4) is 29.2 Å². The third-order valence-electron chi connectivity index (χ3n) is 7.50. The molecule has 0 aliphatic carbocycles. The number of aliphatic carboxylic acids is 1. The zero-order chi connectivity index (χ0) is 34.1. The number of nitrogens with one attached hydrogen (secondary N) is 2. The van der Waals surface area contributed by atoms with E-state index in [9.17, 15) is 45.0 Å². The second kappa shape index (κ2) is 15.6. The van der Waals surface area contributed by atoms with E-state index in [-0.39, 0.29) is 31.1 Å². The number of aromatic hydroxyl groups is 1. The summed E-state index contributed by atoms with van der Waals surface area (Å²) in [5.74, 6) is -0.709. The Bertz CT molecular complexity index is 1570. The number of carboxylic acid groups (broad SMARTS) is 1. The summed E-state index contributed by atoms with van der Waals surface area (Å²) in [6, 6.07) is 12.2. The number of rotatable bonds is 14. The number of aliphatic hydroxyl groups is 4. The Morgan fingerprint density at radius 1 is 1.11 bits per heavy atom. The van der Waals surface area contributed by atoms with Crippen LogP contribution in [0.3, 0.4) is 0 Å². The van der Waals surface area contributed by atoms with E-state index < -0.39 is 73.5 Å². The third-order valence-corrected chi connectivity index (χ3v) is 7.50. The molecule has 0 unspecified atom stereocenters. The van der Waals surface area contributed by atoms with Gasteiger partial charge in [0.25, 0.3) is 5.72 Å². The summed E-state index contributed by atoms with van der Waals surface area (Å²) in [7, 11) is 0. The van der Waals surface area contributed by atoms with Crippen LogP contribution >= 0.6 is 0 Å². The fourth-order valence-electron chi connectivity index (χ4n) is 5.08. The summed E-state index contributed by atoms with van der Waals surface area (Å²) >= 11 is 0. The van der Waals surface area contributed by atoms with Gasteiger partial charge in [-0.3, -0.25) is 9.59 Å². The van der Waals surface area contributed by atoms with Gasteiger partial charge in [0.2, 0.25) is 11.8 Å². The van der Waals surface area contributed by atoms with E-state index in [0.717, 1.165) is 15.8 Å². The second-order valence-electron chi connectivity index (χ2n) is 10.8. The van der Waals surface area contributed by atoms with Crippen LogP contribution in [0.15, 0.2) is 54.7 Å². The molecule has 0 spiro atoms. The highest BCUT2D eigenvalue weighted by atomic mass is 16.6. The number of carboxylic acids is 1. The van der Waals surface area contributed by atoms with Crippen molar-refractivity contribution in [1.82, 2.24) is 25.6 Å². The lowest BCUT2D eigenvalue weighted by Crippen LogP contribution is -2.68. The number of benzene rings is 2. The van der Waals surface area contributed by atoms with Gasteiger partial charge in [0, 0.05) is 13.0 Å². The minimum atomic E-state index is -2.46. The van der Waals surface area contributed by atoms with Gasteiger partial charge >= 0.3 is 5.97 Å². The van der Waals surface area contributed by atoms with Crippen molar-refractivity contribution < 1.29 is 54.5 Å². The summed E-state index contributed by atoms with van der Waals surface area (Å²) in [4.78, 5) is 37.3. The number of phenols is 1. The average molecular weight is 654 g/mol. The highest BCUT2D eigenvalue weighted by Crippen LogP contribution is 2.36. The number of carbonyl (C=O) groups excluding carboxylic acids is 2. The van der Waals surface area contributed by atoms with Crippen LogP contribution in [0.2, 0.25) is 0 Å². The summed E-state index contributed by atoms with van der Waals surface area (Å²) in [6.07, 6.45) is -1.64. The molecular weight excluding hydrogens is 618 g/mol. The van der Waals surface area contributed by atoms with Crippen molar-refractivity contribution in [3.05, 3.63) is 66.0 Å². The number of ether oxygens (including phenoxy) is 2. The maximum atomic E-state index is 12.7. The summed E-state index contributed by atoms with van der Waals surface area (Å²) in [6.45, 7) is -1.67. The number of carbonyl (C=O) groups is 3. The van der Waals surface area contributed by atoms with Crippen LogP contribution in [0.5, 0.6) is 5.75 Å². The van der Waals surface area contributed by atoms with Gasteiger partial charge in [0.1, 0.15) is 36.9 Å². The summed E-state index contributed by atoms with van der Waals surface area (Å²) in [5.41, 5.74) is 0.0860. The van der Waals surface area contributed by atoms with Crippen LogP contribution in [0.4, 0.5) is 0 Å². The molecular formula is C31H35N5O11. The predicted molar refractivity (Wildman–Crippen MR) is 161 cm³/mol. The number of aromatic nitrogens is 3. The zero-order valence-electron chi connectivity index (χ0n) is 25.0. The number of amides is 2. The zero-order valence-corrected chi connectivity index (χ0v) is 25.0. The van der Waals surface area contributed by atoms with Crippen LogP contribution in [-0.2, 0) is 42.6 Å². The molecule has 1 aliphatic heterocycles. The Morgan fingerprint density at radius 2 is 1.77 bits per heavy atom. The number of terminal acetylenes is 1. The van der Waals surface area contributed by atoms with Crippen LogP contribution in [-0.4, -0.2) is 114 Å². The molecule has 2 heterocycles. The highest BCUT2D eigenvalue weighted by Gasteiger charge is 2.56. The Kier molecular flexibility index (Phi) is 11.6. The summed E-state index contributed by atoms with van der Waals surface area (Å²) < 4.78 is 11.8. The molecule has 4 rings (SSSR count). The van der Waals surface area contributed by atoms with E-state index in [4.69, 9.17) is 15.9 Å². The van der Waals surface area contributed by atoms with Crippen molar-refractivity contribution in [1.29, 1.82) is 0 Å². The number of nitrogens with zero attached hydrogens (tertiary/aromatic N) is 3. The molecule has 2 amide bonds. The van der Waals surface area contributed by atoms with Gasteiger partial charge < -0.3 is 50.7 Å². The Hall–Kier alpha value is -4.89. The van der Waals surface area contributed by atoms with E-state index in [1.165, 1.54) is 6.20 Å². The average Bonchev–Trinajstić information content (AvgIpc) is 3.54. The smallest absolute Gasteiger partial charge is 0.359 e. The first-order valence-corrected chi connectivity index (χ1v) is 14.4. The molecule has 16 heteroatoms. The fourth-order valence-corrected chi connectivity index (χ4v) is 5.08. The largest absolute Gasteiger partial charge is 0.508 e. The van der Waals surface area contributed by atoms with Crippen LogP contribution in [0, 0.1) is 12.3 Å². The maximum Gasteiger partial charge on any atom is 0.359 e. The minimum Gasteiger partial charge on any atom is -0.508 e. The highest BCUT2D eigenvalue weighted by molar-refractivity contribution is 5.79. The van der Waals surface area contributed by atoms with E-state index in [2.05, 4.69) is 26.9 Å². The normalized spacial score (nSPS) is 22.1. The Labute approximate surface area is 268 Å². The number of aliphatic hydroxyl groups excluding tert-OH is 4. The van der Waals surface area contributed by atoms with Crippen molar-refractivity contribution in [2.45, 2.75) is 55.6 Å². The molecule has 8 N–H and O–H groups in total. The minimum absolute atomic E-state index is 0.0472. The molecule has 16 nitrogen and oxygen atoms in total. The summed E-state index contributed by atoms with van der Waals surface area (Å²) in [5, 5.41) is 74.3. The van der Waals surface area contributed by atoms with Crippen LogP contribution in [0.1, 0.15) is 17.7 Å². The number of hydrogen-bond acceptors (Lipinski definition) is 12. The van der Waals surface area contributed by atoms with Crippen molar-refractivity contribution >= 4 is 17.8 Å². The van der Waals surface area contributed by atoms with Crippen LogP contribution < -0.4 is 10.6 Å². The van der Waals surface area contributed by atoms with Gasteiger partial charge in [-0.25, -0.2) is 9.48 Å². The molecule has 2 aromatic carbocycles. The molecule has 6 atom stereocenters. The second-order valence-corrected chi connectivity index (χ2v) is 10.8. The standard InChI is InChI=1S/C31H35N5O11/c1-2-11-46-17-21-15-36(35-34-21)31(30(44)45)13-23(39)27(33-26(42)16-37)29(47-31)28(43)24(40)14-32-25(41)12-18-3-5-19(6-4-18)20-7-9-22(38)10-8-20/h1,3-10,15,23-24,27-29,37-40,43H,11-14,16-17H2,(H,32,41)(H,33,42)(H,44,45)/t23-,24+,27+,28+,29+,31+/m0/s1.